The van der Waals surface area contributed by atoms with Gasteiger partial charge >= 0.3 is 0 Å². The van der Waals surface area contributed by atoms with Crippen molar-refractivity contribution in [3.05, 3.63) is 71.8 Å². The molecule has 0 saturated carbocycles. The summed E-state index contributed by atoms with van der Waals surface area (Å²) >= 11 is 0. The fourth-order valence-corrected chi connectivity index (χ4v) is 5.79. The predicted octanol–water partition coefficient (Wildman–Crippen LogP) is 5.96. The van der Waals surface area contributed by atoms with E-state index in [0.717, 1.165) is 49.7 Å². The van der Waals surface area contributed by atoms with E-state index in [1.807, 2.05) is 46.2 Å². The third-order valence-electron chi connectivity index (χ3n) is 7.56. The molecule has 2 aromatic rings. The molecule has 4 nitrogen and oxygen atoms in total. The fraction of sp³-hybridized carbons (Fsp3) is 0.517. The maximum atomic E-state index is 14.0. The van der Waals surface area contributed by atoms with Crippen LogP contribution in [0.1, 0.15) is 76.3 Å². The standard InChI is InChI=1S/C29H38N2O2/c1-3-5-17-25-19-29(27(32)30(25)21-23-13-9-7-10-14-23)20-26(18-6-4-2)31(28(29)33)22-24-15-11-8-12-16-24/h7-16,25-26H,3-6,17-22H2,1-2H3. The number of rotatable bonds is 10. The Balaban J connectivity index is 1.62. The lowest BCUT2D eigenvalue weighted by molar-refractivity contribution is -0.147. The van der Waals surface area contributed by atoms with Crippen LogP contribution in [0.4, 0.5) is 0 Å². The molecule has 2 unspecified atom stereocenters. The van der Waals surface area contributed by atoms with Gasteiger partial charge < -0.3 is 9.80 Å². The van der Waals surface area contributed by atoms with E-state index in [4.69, 9.17) is 0 Å². The number of likely N-dealkylation sites (tertiary alicyclic amines) is 2. The van der Waals surface area contributed by atoms with Crippen LogP contribution < -0.4 is 0 Å². The van der Waals surface area contributed by atoms with Crippen LogP contribution in [0.15, 0.2) is 60.7 Å². The van der Waals surface area contributed by atoms with Crippen LogP contribution in [0.3, 0.4) is 0 Å². The van der Waals surface area contributed by atoms with Gasteiger partial charge in [0.05, 0.1) is 0 Å². The first-order valence-corrected chi connectivity index (χ1v) is 12.8. The van der Waals surface area contributed by atoms with E-state index in [-0.39, 0.29) is 23.9 Å². The lowest BCUT2D eigenvalue weighted by Crippen LogP contribution is -2.42. The molecule has 0 aliphatic carbocycles. The van der Waals surface area contributed by atoms with Crippen LogP contribution in [0.25, 0.3) is 0 Å². The summed E-state index contributed by atoms with van der Waals surface area (Å²) in [5.41, 5.74) is 1.40. The zero-order chi connectivity index (χ0) is 23.3. The molecule has 2 heterocycles. The van der Waals surface area contributed by atoms with Crippen LogP contribution in [-0.4, -0.2) is 33.7 Å². The zero-order valence-electron chi connectivity index (χ0n) is 20.2. The fourth-order valence-electron chi connectivity index (χ4n) is 5.79. The highest BCUT2D eigenvalue weighted by Gasteiger charge is 2.62. The van der Waals surface area contributed by atoms with Crippen LogP contribution in [0.5, 0.6) is 0 Å². The van der Waals surface area contributed by atoms with E-state index in [9.17, 15) is 9.59 Å². The van der Waals surface area contributed by atoms with Crippen molar-refractivity contribution in [3.8, 4) is 0 Å². The van der Waals surface area contributed by atoms with E-state index in [1.165, 1.54) is 0 Å². The van der Waals surface area contributed by atoms with Crippen LogP contribution in [0, 0.1) is 5.41 Å². The summed E-state index contributed by atoms with van der Waals surface area (Å²) in [6.07, 6.45) is 7.66. The van der Waals surface area contributed by atoms with E-state index in [0.29, 0.717) is 25.9 Å². The number of carbonyl (C=O) groups is 2. The van der Waals surface area contributed by atoms with Crippen molar-refractivity contribution in [3.63, 3.8) is 0 Å². The Bertz CT molecular complexity index is 850. The van der Waals surface area contributed by atoms with Gasteiger partial charge in [-0.3, -0.25) is 9.59 Å². The van der Waals surface area contributed by atoms with Gasteiger partial charge in [0.15, 0.2) is 0 Å². The van der Waals surface area contributed by atoms with Gasteiger partial charge in [0.1, 0.15) is 5.41 Å². The molecule has 33 heavy (non-hydrogen) atoms. The minimum Gasteiger partial charge on any atom is -0.334 e. The number of nitrogens with zero attached hydrogens (tertiary/aromatic N) is 2. The highest BCUT2D eigenvalue weighted by atomic mass is 16.2. The highest BCUT2D eigenvalue weighted by molar-refractivity contribution is 6.08. The number of carbonyl (C=O) groups excluding carboxylic acids is 2. The van der Waals surface area contributed by atoms with Gasteiger partial charge in [-0.05, 0) is 36.8 Å². The van der Waals surface area contributed by atoms with Crippen molar-refractivity contribution in [1.82, 2.24) is 9.80 Å². The molecule has 2 aliphatic rings. The third-order valence-corrected chi connectivity index (χ3v) is 7.56. The molecule has 2 atom stereocenters. The molecule has 2 amide bonds. The Labute approximate surface area is 199 Å². The van der Waals surface area contributed by atoms with Gasteiger partial charge in [-0.25, -0.2) is 0 Å². The largest absolute Gasteiger partial charge is 0.334 e. The summed E-state index contributed by atoms with van der Waals surface area (Å²) in [5.74, 6) is 0.129. The molecule has 2 aliphatic heterocycles. The van der Waals surface area contributed by atoms with Crippen molar-refractivity contribution >= 4 is 11.8 Å². The van der Waals surface area contributed by atoms with Crippen molar-refractivity contribution in [2.45, 2.75) is 90.4 Å². The van der Waals surface area contributed by atoms with Crippen LogP contribution >= 0.6 is 0 Å². The second-order valence-corrected chi connectivity index (χ2v) is 9.92. The quantitative estimate of drug-likeness (QED) is 0.423. The molecule has 4 rings (SSSR count). The summed E-state index contributed by atoms with van der Waals surface area (Å²) < 4.78 is 0. The summed E-state index contributed by atoms with van der Waals surface area (Å²) in [7, 11) is 0. The SMILES string of the molecule is CCCCC1CC2(CC(CCCC)N(Cc3ccccc3)C2=O)C(=O)N1Cc1ccccc1. The summed E-state index contributed by atoms with van der Waals surface area (Å²) in [4.78, 5) is 32.1. The smallest absolute Gasteiger partial charge is 0.238 e. The highest BCUT2D eigenvalue weighted by Crippen LogP contribution is 2.49. The normalized spacial score (nSPS) is 24.9. The molecule has 2 saturated heterocycles. The summed E-state index contributed by atoms with van der Waals surface area (Å²) in [6.45, 7) is 5.58. The Hall–Kier alpha value is -2.62. The van der Waals surface area contributed by atoms with Gasteiger partial charge in [-0.1, -0.05) is 100 Å². The monoisotopic (exact) mass is 446 g/mol. The molecule has 1 spiro atoms. The summed E-state index contributed by atoms with van der Waals surface area (Å²) in [5, 5.41) is 0. The van der Waals surface area contributed by atoms with Crippen molar-refractivity contribution < 1.29 is 9.59 Å². The lowest BCUT2D eigenvalue weighted by atomic mass is 9.80. The van der Waals surface area contributed by atoms with Gasteiger partial charge in [-0.15, -0.1) is 0 Å². The molecule has 0 bridgehead atoms. The molecular weight excluding hydrogens is 408 g/mol. The Kier molecular flexibility index (Phi) is 7.52. The van der Waals surface area contributed by atoms with E-state index < -0.39 is 5.41 Å². The molecule has 0 N–H and O–H groups in total. The lowest BCUT2D eigenvalue weighted by Gasteiger charge is -2.26. The molecule has 2 aromatic carbocycles. The minimum absolute atomic E-state index is 0.0644. The van der Waals surface area contributed by atoms with Crippen LogP contribution in [-0.2, 0) is 22.7 Å². The first-order chi connectivity index (χ1) is 16.1. The number of hydrogen-bond donors (Lipinski definition) is 0. The molecule has 0 radical (unpaired) electrons. The first-order valence-electron chi connectivity index (χ1n) is 12.8. The Morgan fingerprint density at radius 2 is 1.09 bits per heavy atom. The van der Waals surface area contributed by atoms with Gasteiger partial charge in [0.25, 0.3) is 0 Å². The molecule has 0 aromatic heterocycles. The molecule has 2 fully saturated rings. The second-order valence-electron chi connectivity index (χ2n) is 9.92. The predicted molar refractivity (Wildman–Crippen MR) is 132 cm³/mol. The first kappa shape index (κ1) is 23.5. The number of amides is 2. The van der Waals surface area contributed by atoms with Gasteiger partial charge in [0, 0.05) is 25.2 Å². The maximum absolute atomic E-state index is 14.0. The van der Waals surface area contributed by atoms with Gasteiger partial charge in [0.2, 0.25) is 11.8 Å². The number of benzene rings is 2. The van der Waals surface area contributed by atoms with E-state index in [1.54, 1.807) is 0 Å². The maximum Gasteiger partial charge on any atom is 0.238 e. The molecule has 4 heteroatoms. The summed E-state index contributed by atoms with van der Waals surface area (Å²) in [6, 6.07) is 20.7. The Morgan fingerprint density at radius 1 is 0.697 bits per heavy atom. The van der Waals surface area contributed by atoms with Crippen LogP contribution in [0.2, 0.25) is 0 Å². The number of hydrogen-bond acceptors (Lipinski definition) is 2. The Morgan fingerprint density at radius 3 is 1.45 bits per heavy atom. The van der Waals surface area contributed by atoms with Gasteiger partial charge in [-0.2, -0.15) is 0 Å². The third kappa shape index (κ3) is 4.85. The zero-order valence-corrected chi connectivity index (χ0v) is 20.2. The van der Waals surface area contributed by atoms with Crippen molar-refractivity contribution in [2.75, 3.05) is 0 Å². The van der Waals surface area contributed by atoms with E-state index >= 15 is 0 Å². The molecular formula is C29H38N2O2. The number of unbranched alkanes of at least 4 members (excludes halogenated alkanes) is 2. The van der Waals surface area contributed by atoms with Crippen molar-refractivity contribution in [2.24, 2.45) is 5.41 Å². The average molecular weight is 447 g/mol. The van der Waals surface area contributed by atoms with E-state index in [2.05, 4.69) is 38.1 Å². The average Bonchev–Trinajstić information content (AvgIpc) is 3.26. The minimum atomic E-state index is -0.875. The molecule has 176 valence electrons. The second kappa shape index (κ2) is 10.5. The topological polar surface area (TPSA) is 40.6 Å². The van der Waals surface area contributed by atoms with Crippen molar-refractivity contribution in [1.29, 1.82) is 0 Å².